The second-order valence-electron chi connectivity index (χ2n) is 3.93. The maximum absolute atomic E-state index is 5.40. The van der Waals surface area contributed by atoms with Gasteiger partial charge in [-0.1, -0.05) is 0 Å². The Bertz CT molecular complexity index is 371. The minimum atomic E-state index is -0.202. The zero-order valence-corrected chi connectivity index (χ0v) is 9.99. The summed E-state index contributed by atoms with van der Waals surface area (Å²) in [4.78, 5) is 0. The third-order valence-corrected chi connectivity index (χ3v) is 2.85. The Morgan fingerprint density at radius 3 is 1.88 bits per heavy atom. The van der Waals surface area contributed by atoms with Crippen LogP contribution in [0.4, 0.5) is 0 Å². The van der Waals surface area contributed by atoms with Crippen molar-refractivity contribution in [3.8, 4) is 17.2 Å². The lowest BCUT2D eigenvalue weighted by molar-refractivity contribution is 0.311. The number of benzene rings is 1. The third-order valence-electron chi connectivity index (χ3n) is 2.85. The predicted octanol–water partition coefficient (Wildman–Crippen LogP) is 1.96. The highest BCUT2D eigenvalue weighted by molar-refractivity contribution is 5.55. The molecule has 88 valence electrons. The van der Waals surface area contributed by atoms with Gasteiger partial charge in [0.25, 0.3) is 0 Å². The Kier molecular flexibility index (Phi) is 2.68. The van der Waals surface area contributed by atoms with Crippen LogP contribution in [0.3, 0.4) is 0 Å². The van der Waals surface area contributed by atoms with E-state index in [1.165, 1.54) is 0 Å². The number of rotatable bonds is 4. The fourth-order valence-electron chi connectivity index (χ4n) is 1.66. The average Bonchev–Trinajstić information content (AvgIpc) is 3.06. The van der Waals surface area contributed by atoms with E-state index >= 15 is 0 Å². The van der Waals surface area contributed by atoms with Crippen LogP contribution in [0.15, 0.2) is 12.1 Å². The van der Waals surface area contributed by atoms with Gasteiger partial charge in [0.05, 0.1) is 27.9 Å². The van der Waals surface area contributed by atoms with Crippen molar-refractivity contribution in [2.24, 2.45) is 0 Å². The lowest BCUT2D eigenvalue weighted by Gasteiger charge is -2.15. The molecule has 0 N–H and O–H groups in total. The van der Waals surface area contributed by atoms with Gasteiger partial charge < -0.3 is 18.9 Å². The van der Waals surface area contributed by atoms with Crippen LogP contribution in [-0.4, -0.2) is 27.9 Å². The van der Waals surface area contributed by atoms with E-state index in [0.717, 1.165) is 12.2 Å². The van der Waals surface area contributed by atoms with Crippen molar-refractivity contribution in [3.63, 3.8) is 0 Å². The van der Waals surface area contributed by atoms with Gasteiger partial charge in [-0.3, -0.25) is 0 Å². The molecule has 0 aliphatic carbocycles. The molecule has 1 aliphatic rings. The summed E-state index contributed by atoms with van der Waals surface area (Å²) < 4.78 is 21.2. The lowest BCUT2D eigenvalue weighted by atomic mass is 10.0. The first-order valence-electron chi connectivity index (χ1n) is 5.09. The van der Waals surface area contributed by atoms with E-state index in [1.54, 1.807) is 21.3 Å². The van der Waals surface area contributed by atoms with Crippen molar-refractivity contribution < 1.29 is 18.9 Å². The second kappa shape index (κ2) is 3.87. The van der Waals surface area contributed by atoms with E-state index in [1.807, 2.05) is 19.1 Å². The molecular weight excluding hydrogens is 208 g/mol. The zero-order valence-electron chi connectivity index (χ0n) is 9.99. The van der Waals surface area contributed by atoms with Crippen LogP contribution in [-0.2, 0) is 10.3 Å². The van der Waals surface area contributed by atoms with E-state index in [2.05, 4.69) is 0 Å². The van der Waals surface area contributed by atoms with Gasteiger partial charge >= 0.3 is 0 Å². The summed E-state index contributed by atoms with van der Waals surface area (Å²) in [6, 6.07) is 3.85. The first kappa shape index (κ1) is 11.1. The number of epoxide rings is 1. The molecular formula is C12H16O4. The molecule has 0 saturated carbocycles. The normalized spacial score (nSPS) is 22.8. The highest BCUT2D eigenvalue weighted by Gasteiger charge is 2.42. The molecule has 1 saturated heterocycles. The molecule has 1 heterocycles. The topological polar surface area (TPSA) is 40.2 Å². The van der Waals surface area contributed by atoms with E-state index in [0.29, 0.717) is 17.2 Å². The molecule has 0 bridgehead atoms. The van der Waals surface area contributed by atoms with Gasteiger partial charge in [0.15, 0.2) is 11.5 Å². The Balaban J connectivity index is 2.50. The molecule has 1 unspecified atom stereocenters. The van der Waals surface area contributed by atoms with Crippen molar-refractivity contribution in [2.75, 3.05) is 27.9 Å². The molecule has 1 aromatic carbocycles. The molecule has 1 aliphatic heterocycles. The fourth-order valence-corrected chi connectivity index (χ4v) is 1.66. The van der Waals surface area contributed by atoms with Crippen LogP contribution in [0.2, 0.25) is 0 Å². The van der Waals surface area contributed by atoms with E-state index in [-0.39, 0.29) is 5.60 Å². The summed E-state index contributed by atoms with van der Waals surface area (Å²) in [5, 5.41) is 0. The van der Waals surface area contributed by atoms with E-state index in [4.69, 9.17) is 18.9 Å². The Morgan fingerprint density at radius 1 is 1.06 bits per heavy atom. The van der Waals surface area contributed by atoms with Crippen LogP contribution in [0, 0.1) is 0 Å². The number of hydrogen-bond acceptors (Lipinski definition) is 4. The number of methoxy groups -OCH3 is 3. The highest BCUT2D eigenvalue weighted by Crippen LogP contribution is 2.45. The van der Waals surface area contributed by atoms with Gasteiger partial charge in [0.1, 0.15) is 5.60 Å². The Labute approximate surface area is 95.1 Å². The largest absolute Gasteiger partial charge is 0.493 e. The molecule has 0 aromatic heterocycles. The van der Waals surface area contributed by atoms with Crippen LogP contribution in [0.25, 0.3) is 0 Å². The number of ether oxygens (including phenoxy) is 4. The predicted molar refractivity (Wildman–Crippen MR) is 59.4 cm³/mol. The minimum absolute atomic E-state index is 0.202. The summed E-state index contributed by atoms with van der Waals surface area (Å²) in [7, 11) is 4.81. The van der Waals surface area contributed by atoms with Crippen LogP contribution in [0.5, 0.6) is 17.2 Å². The van der Waals surface area contributed by atoms with Gasteiger partial charge in [0.2, 0.25) is 5.75 Å². The Morgan fingerprint density at radius 2 is 1.56 bits per heavy atom. The monoisotopic (exact) mass is 224 g/mol. The molecule has 1 fully saturated rings. The summed E-state index contributed by atoms with van der Waals surface area (Å²) in [5.41, 5.74) is 0.842. The summed E-state index contributed by atoms with van der Waals surface area (Å²) in [6.45, 7) is 2.76. The minimum Gasteiger partial charge on any atom is -0.493 e. The summed E-state index contributed by atoms with van der Waals surface area (Å²) in [5.74, 6) is 1.93. The molecule has 2 rings (SSSR count). The van der Waals surface area contributed by atoms with Crippen LogP contribution in [0.1, 0.15) is 12.5 Å². The van der Waals surface area contributed by atoms with Crippen molar-refractivity contribution in [1.82, 2.24) is 0 Å². The number of hydrogen-bond donors (Lipinski definition) is 0. The van der Waals surface area contributed by atoms with E-state index in [9.17, 15) is 0 Å². The molecule has 1 atom stereocenters. The molecule has 0 spiro atoms. The molecule has 16 heavy (non-hydrogen) atoms. The Hall–Kier alpha value is -1.42. The van der Waals surface area contributed by atoms with Crippen LogP contribution >= 0.6 is 0 Å². The quantitative estimate of drug-likeness (QED) is 0.733. The van der Waals surface area contributed by atoms with Crippen molar-refractivity contribution in [3.05, 3.63) is 17.7 Å². The highest BCUT2D eigenvalue weighted by atomic mass is 16.6. The van der Waals surface area contributed by atoms with Crippen molar-refractivity contribution >= 4 is 0 Å². The van der Waals surface area contributed by atoms with Gasteiger partial charge in [-0.15, -0.1) is 0 Å². The molecule has 1 aromatic rings. The van der Waals surface area contributed by atoms with Crippen molar-refractivity contribution in [1.29, 1.82) is 0 Å². The maximum Gasteiger partial charge on any atom is 0.203 e. The third kappa shape index (κ3) is 1.69. The smallest absolute Gasteiger partial charge is 0.203 e. The summed E-state index contributed by atoms with van der Waals surface area (Å²) in [6.07, 6.45) is 0. The second-order valence-corrected chi connectivity index (χ2v) is 3.93. The van der Waals surface area contributed by atoms with Gasteiger partial charge in [-0.25, -0.2) is 0 Å². The molecule has 4 heteroatoms. The van der Waals surface area contributed by atoms with Gasteiger partial charge in [-0.05, 0) is 24.6 Å². The summed E-state index contributed by atoms with van der Waals surface area (Å²) >= 11 is 0. The first-order valence-corrected chi connectivity index (χ1v) is 5.09. The van der Waals surface area contributed by atoms with Gasteiger partial charge in [0, 0.05) is 0 Å². The van der Waals surface area contributed by atoms with Crippen molar-refractivity contribution in [2.45, 2.75) is 12.5 Å². The van der Waals surface area contributed by atoms with Gasteiger partial charge in [-0.2, -0.15) is 0 Å². The standard InChI is InChI=1S/C12H16O4/c1-12(7-16-12)8-5-9(13-2)11(15-4)10(6-8)14-3/h5-6H,7H2,1-4H3. The average molecular weight is 224 g/mol. The fraction of sp³-hybridized carbons (Fsp3) is 0.500. The lowest BCUT2D eigenvalue weighted by Crippen LogP contribution is -2.04. The molecule has 0 radical (unpaired) electrons. The van der Waals surface area contributed by atoms with Crippen LogP contribution < -0.4 is 14.2 Å². The molecule has 0 amide bonds. The SMILES string of the molecule is COc1cc(C2(C)CO2)cc(OC)c1OC. The van der Waals surface area contributed by atoms with E-state index < -0.39 is 0 Å². The molecule has 4 nitrogen and oxygen atoms in total. The maximum atomic E-state index is 5.40. The first-order chi connectivity index (χ1) is 7.64. The zero-order chi connectivity index (χ0) is 11.8.